The van der Waals surface area contributed by atoms with Crippen LogP contribution in [0.5, 0.6) is 0 Å². The van der Waals surface area contributed by atoms with Gasteiger partial charge in [0, 0.05) is 24.5 Å². The van der Waals surface area contributed by atoms with Crippen molar-refractivity contribution in [3.8, 4) is 0 Å². The number of rotatable bonds is 7. The van der Waals surface area contributed by atoms with E-state index in [1.54, 1.807) is 11.8 Å². The Bertz CT molecular complexity index is 734. The van der Waals surface area contributed by atoms with Crippen LogP contribution in [0, 0.1) is 0 Å². The number of hydrogen-bond donors (Lipinski definition) is 0. The summed E-state index contributed by atoms with van der Waals surface area (Å²) in [7, 11) is 1.97. The molecule has 3 nitrogen and oxygen atoms in total. The van der Waals surface area contributed by atoms with Crippen molar-refractivity contribution < 1.29 is 4.79 Å². The Balaban J connectivity index is 1.54. The topological polar surface area (TPSA) is 23.6 Å². The molecule has 0 N–H and O–H groups in total. The highest BCUT2D eigenvalue weighted by molar-refractivity contribution is 7.98. The van der Waals surface area contributed by atoms with E-state index in [4.69, 9.17) is 0 Å². The van der Waals surface area contributed by atoms with E-state index in [1.165, 1.54) is 12.0 Å². The maximum absolute atomic E-state index is 13.0. The lowest BCUT2D eigenvalue weighted by Crippen LogP contribution is -2.48. The van der Waals surface area contributed by atoms with Crippen LogP contribution in [0.2, 0.25) is 0 Å². The second-order valence-corrected chi connectivity index (χ2v) is 8.15. The number of likely N-dealkylation sites (N-methyl/N-ethyl adjacent to an activating group) is 1. The quantitative estimate of drug-likeness (QED) is 0.655. The molecule has 1 unspecified atom stereocenters. The van der Waals surface area contributed by atoms with Crippen LogP contribution < -0.4 is 0 Å². The number of aryl methyl sites for hydroxylation is 1. The summed E-state index contributed by atoms with van der Waals surface area (Å²) in [5.41, 5.74) is 2.24. The average Bonchev–Trinajstić information content (AvgIpc) is 2.73. The van der Waals surface area contributed by atoms with Gasteiger partial charge >= 0.3 is 0 Å². The van der Waals surface area contributed by atoms with E-state index in [1.807, 2.05) is 42.5 Å². The zero-order valence-corrected chi connectivity index (χ0v) is 17.3. The maximum Gasteiger partial charge on any atom is 0.255 e. The first-order chi connectivity index (χ1) is 13.2. The van der Waals surface area contributed by atoms with Gasteiger partial charge in [-0.3, -0.25) is 4.79 Å². The second-order valence-electron chi connectivity index (χ2n) is 7.30. The van der Waals surface area contributed by atoms with Crippen LogP contribution in [0.4, 0.5) is 0 Å². The summed E-state index contributed by atoms with van der Waals surface area (Å²) in [6.45, 7) is 3.24. The second kappa shape index (κ2) is 9.95. The van der Waals surface area contributed by atoms with Crippen molar-refractivity contribution in [2.45, 2.75) is 36.6 Å². The highest BCUT2D eigenvalue weighted by Gasteiger charge is 2.27. The third-order valence-corrected chi connectivity index (χ3v) is 6.26. The van der Waals surface area contributed by atoms with Gasteiger partial charge in [-0.15, -0.1) is 11.8 Å². The van der Waals surface area contributed by atoms with E-state index in [0.717, 1.165) is 49.4 Å². The first-order valence-corrected chi connectivity index (χ1v) is 11.1. The third-order valence-electron chi connectivity index (χ3n) is 5.47. The van der Waals surface area contributed by atoms with Gasteiger partial charge in [0.15, 0.2) is 0 Å². The van der Waals surface area contributed by atoms with Gasteiger partial charge in [0.1, 0.15) is 0 Å². The Morgan fingerprint density at radius 3 is 2.67 bits per heavy atom. The van der Waals surface area contributed by atoms with Gasteiger partial charge in [-0.25, -0.2) is 0 Å². The fourth-order valence-corrected chi connectivity index (χ4v) is 4.47. The van der Waals surface area contributed by atoms with E-state index in [2.05, 4.69) is 35.2 Å². The monoisotopic (exact) mass is 382 g/mol. The van der Waals surface area contributed by atoms with E-state index >= 15 is 0 Å². The molecule has 1 saturated heterocycles. The summed E-state index contributed by atoms with van der Waals surface area (Å²) < 4.78 is 0. The smallest absolute Gasteiger partial charge is 0.255 e. The predicted octanol–water partition coefficient (Wildman–Crippen LogP) is 4.58. The molecule has 1 heterocycles. The Labute approximate surface area is 167 Å². The van der Waals surface area contributed by atoms with Crippen molar-refractivity contribution in [1.82, 2.24) is 9.80 Å². The van der Waals surface area contributed by atoms with Gasteiger partial charge in [0.25, 0.3) is 5.91 Å². The lowest BCUT2D eigenvalue weighted by molar-refractivity contribution is 0.0613. The standard InChI is InChI=1S/C23H30N2OS/c1-24(23(26)21-14-6-7-15-22(21)27-2)20-13-9-17-25(18-20)16-8-12-19-10-4-3-5-11-19/h3-7,10-11,14-15,20H,8-9,12-13,16-18H2,1-2H3. The molecule has 2 aromatic rings. The Morgan fingerprint density at radius 2 is 1.89 bits per heavy atom. The summed E-state index contributed by atoms with van der Waals surface area (Å²) >= 11 is 1.64. The van der Waals surface area contributed by atoms with Crippen molar-refractivity contribution in [2.24, 2.45) is 0 Å². The molecular weight excluding hydrogens is 352 g/mol. The van der Waals surface area contributed by atoms with E-state index in [9.17, 15) is 4.79 Å². The molecular formula is C23H30N2OS. The molecule has 0 aromatic heterocycles. The van der Waals surface area contributed by atoms with E-state index in [-0.39, 0.29) is 5.91 Å². The summed E-state index contributed by atoms with van der Waals surface area (Å²) in [5.74, 6) is 0.149. The number of hydrogen-bond acceptors (Lipinski definition) is 3. The number of carbonyl (C=O) groups is 1. The minimum absolute atomic E-state index is 0.149. The number of thioether (sulfide) groups is 1. The molecule has 3 rings (SSSR count). The van der Waals surface area contributed by atoms with Crippen molar-refractivity contribution in [2.75, 3.05) is 32.9 Å². The first-order valence-electron chi connectivity index (χ1n) is 9.85. The number of nitrogens with zero attached hydrogens (tertiary/aromatic N) is 2. The van der Waals surface area contributed by atoms with Crippen LogP contribution in [0.1, 0.15) is 35.2 Å². The number of benzene rings is 2. The van der Waals surface area contributed by atoms with Crippen molar-refractivity contribution in [3.63, 3.8) is 0 Å². The number of amides is 1. The molecule has 0 radical (unpaired) electrons. The number of likely N-dealkylation sites (tertiary alicyclic amines) is 1. The minimum Gasteiger partial charge on any atom is -0.337 e. The largest absolute Gasteiger partial charge is 0.337 e. The normalized spacial score (nSPS) is 17.6. The lowest BCUT2D eigenvalue weighted by Gasteiger charge is -2.38. The molecule has 1 aliphatic heterocycles. The summed E-state index contributed by atoms with van der Waals surface area (Å²) in [6, 6.07) is 18.9. The fraction of sp³-hybridized carbons (Fsp3) is 0.435. The zero-order valence-electron chi connectivity index (χ0n) is 16.4. The van der Waals surface area contributed by atoms with Crippen LogP contribution in [0.3, 0.4) is 0 Å². The van der Waals surface area contributed by atoms with Gasteiger partial charge in [-0.2, -0.15) is 0 Å². The van der Waals surface area contributed by atoms with Crippen LogP contribution in [0.15, 0.2) is 59.5 Å². The highest BCUT2D eigenvalue weighted by atomic mass is 32.2. The van der Waals surface area contributed by atoms with Crippen LogP contribution in [-0.4, -0.2) is 54.7 Å². The minimum atomic E-state index is 0.149. The summed E-state index contributed by atoms with van der Waals surface area (Å²) in [5, 5.41) is 0. The number of piperidine rings is 1. The Hall–Kier alpha value is -1.78. The number of carbonyl (C=O) groups excluding carboxylic acids is 1. The summed E-state index contributed by atoms with van der Waals surface area (Å²) in [4.78, 5) is 18.6. The van der Waals surface area contributed by atoms with Crippen molar-refractivity contribution >= 4 is 17.7 Å². The van der Waals surface area contributed by atoms with Crippen LogP contribution >= 0.6 is 11.8 Å². The molecule has 4 heteroatoms. The molecule has 144 valence electrons. The SMILES string of the molecule is CSc1ccccc1C(=O)N(C)C1CCCN(CCCc2ccccc2)C1. The van der Waals surface area contributed by atoms with Gasteiger partial charge in [-0.1, -0.05) is 42.5 Å². The molecule has 1 aliphatic rings. The fourth-order valence-electron chi connectivity index (χ4n) is 3.88. The van der Waals surface area contributed by atoms with E-state index in [0.29, 0.717) is 6.04 Å². The van der Waals surface area contributed by atoms with Gasteiger partial charge in [0.2, 0.25) is 0 Å². The first kappa shape index (κ1) is 20.0. The van der Waals surface area contributed by atoms with E-state index < -0.39 is 0 Å². The molecule has 0 bridgehead atoms. The lowest BCUT2D eigenvalue weighted by atomic mass is 10.0. The van der Waals surface area contributed by atoms with Gasteiger partial charge < -0.3 is 9.80 Å². The molecule has 0 spiro atoms. The average molecular weight is 383 g/mol. The van der Waals surface area contributed by atoms with Crippen molar-refractivity contribution in [1.29, 1.82) is 0 Å². The maximum atomic E-state index is 13.0. The zero-order chi connectivity index (χ0) is 19.1. The molecule has 2 aromatic carbocycles. The van der Waals surface area contributed by atoms with Crippen molar-refractivity contribution in [3.05, 3.63) is 65.7 Å². The Morgan fingerprint density at radius 1 is 1.15 bits per heavy atom. The highest BCUT2D eigenvalue weighted by Crippen LogP contribution is 2.23. The van der Waals surface area contributed by atoms with Gasteiger partial charge in [-0.05, 0) is 62.7 Å². The summed E-state index contributed by atoms with van der Waals surface area (Å²) in [6.07, 6.45) is 6.58. The molecule has 0 saturated carbocycles. The Kier molecular flexibility index (Phi) is 7.36. The molecule has 1 fully saturated rings. The molecule has 0 aliphatic carbocycles. The van der Waals surface area contributed by atoms with Crippen LogP contribution in [-0.2, 0) is 6.42 Å². The molecule has 1 amide bonds. The third kappa shape index (κ3) is 5.36. The molecule has 1 atom stereocenters. The van der Waals surface area contributed by atoms with Gasteiger partial charge in [0.05, 0.1) is 5.56 Å². The molecule has 27 heavy (non-hydrogen) atoms. The predicted molar refractivity (Wildman–Crippen MR) is 115 cm³/mol. The van der Waals surface area contributed by atoms with Crippen LogP contribution in [0.25, 0.3) is 0 Å².